The van der Waals surface area contributed by atoms with Crippen molar-refractivity contribution in [2.75, 3.05) is 5.73 Å². The maximum absolute atomic E-state index is 7.33. The first-order chi connectivity index (χ1) is 12.6. The van der Waals surface area contributed by atoms with E-state index in [9.17, 15) is 0 Å². The zero-order valence-electron chi connectivity index (χ0n) is 14.6. The average molecular weight is 337 g/mol. The lowest BCUT2D eigenvalue weighted by Gasteiger charge is -2.06. The molecule has 0 aliphatic heterocycles. The van der Waals surface area contributed by atoms with Crippen molar-refractivity contribution in [3.8, 4) is 11.1 Å². The van der Waals surface area contributed by atoms with Gasteiger partial charge in [-0.2, -0.15) is 0 Å². The third kappa shape index (κ3) is 2.94. The number of anilines is 1. The summed E-state index contributed by atoms with van der Waals surface area (Å²) in [6.45, 7) is 10.2. The molecule has 0 saturated carbocycles. The number of nitrogen functional groups attached to an aromatic ring is 1. The fraction of sp³-hybridized carbons (Fsp3) is 0.0870. The normalized spacial score (nSPS) is 10.8. The van der Waals surface area contributed by atoms with E-state index in [2.05, 4.69) is 52.9 Å². The number of aromatic nitrogens is 1. The van der Waals surface area contributed by atoms with Gasteiger partial charge in [0, 0.05) is 29.5 Å². The smallest absolute Gasteiger partial charge is 0.188 e. The van der Waals surface area contributed by atoms with Crippen LogP contribution in [-0.4, -0.2) is 4.57 Å². The molecule has 0 bridgehead atoms. The van der Waals surface area contributed by atoms with Gasteiger partial charge in [-0.25, -0.2) is 4.85 Å². The topological polar surface area (TPSA) is 35.3 Å². The molecule has 0 amide bonds. The van der Waals surface area contributed by atoms with E-state index < -0.39 is 0 Å². The Morgan fingerprint density at radius 1 is 1.00 bits per heavy atom. The second-order valence-corrected chi connectivity index (χ2v) is 6.59. The highest BCUT2D eigenvalue weighted by atomic mass is 15.0. The summed E-state index contributed by atoms with van der Waals surface area (Å²) in [7, 11) is 0. The number of aryl methyl sites for hydroxylation is 1. The van der Waals surface area contributed by atoms with Crippen LogP contribution in [0.2, 0.25) is 0 Å². The summed E-state index contributed by atoms with van der Waals surface area (Å²) in [5.41, 5.74) is 13.2. The van der Waals surface area contributed by atoms with Crippen molar-refractivity contribution in [1.29, 1.82) is 0 Å². The lowest BCUT2D eigenvalue weighted by Crippen LogP contribution is -1.97. The van der Waals surface area contributed by atoms with Crippen molar-refractivity contribution in [1.82, 2.24) is 4.57 Å². The summed E-state index contributed by atoms with van der Waals surface area (Å²) in [4.78, 5) is 3.59. The predicted octanol–water partition coefficient (Wildman–Crippen LogP) is 5.80. The quantitative estimate of drug-likeness (QED) is 0.372. The van der Waals surface area contributed by atoms with Gasteiger partial charge >= 0.3 is 0 Å². The maximum Gasteiger partial charge on any atom is 0.188 e. The molecule has 3 heteroatoms. The lowest BCUT2D eigenvalue weighted by molar-refractivity contribution is 0.837. The Labute approximate surface area is 153 Å². The van der Waals surface area contributed by atoms with E-state index in [1.165, 1.54) is 11.1 Å². The Hall–Kier alpha value is -3.51. The number of benzene rings is 3. The summed E-state index contributed by atoms with van der Waals surface area (Å²) in [5, 5.41) is 1.08. The van der Waals surface area contributed by atoms with Gasteiger partial charge in [-0.15, -0.1) is 0 Å². The van der Waals surface area contributed by atoms with E-state index in [4.69, 9.17) is 12.3 Å². The van der Waals surface area contributed by atoms with Crippen LogP contribution in [0.15, 0.2) is 72.9 Å². The molecule has 0 fully saturated rings. The summed E-state index contributed by atoms with van der Waals surface area (Å²) < 4.78 is 2.24. The minimum absolute atomic E-state index is 0.649. The molecule has 26 heavy (non-hydrogen) atoms. The minimum atomic E-state index is 0.649. The Morgan fingerprint density at radius 2 is 1.81 bits per heavy atom. The van der Waals surface area contributed by atoms with Gasteiger partial charge in [-0.05, 0) is 47.7 Å². The van der Waals surface area contributed by atoms with Crippen molar-refractivity contribution < 1.29 is 0 Å². The standard InChI is InChI=1S/C23H19N3/c1-16-6-8-17(9-7-16)14-26-15-22(18-4-3-5-19(24)12-18)21-13-20(25-2)10-11-23(21)26/h3-13,15H,14,24H2,1H3. The van der Waals surface area contributed by atoms with Gasteiger partial charge in [0.15, 0.2) is 5.69 Å². The first-order valence-corrected chi connectivity index (χ1v) is 8.56. The fourth-order valence-corrected chi connectivity index (χ4v) is 3.31. The number of hydrogen-bond acceptors (Lipinski definition) is 1. The maximum atomic E-state index is 7.33. The molecule has 0 aliphatic carbocycles. The molecule has 0 aliphatic rings. The number of nitrogens with two attached hydrogens (primary N) is 1. The molecule has 3 nitrogen and oxygen atoms in total. The monoisotopic (exact) mass is 337 g/mol. The fourth-order valence-electron chi connectivity index (χ4n) is 3.31. The molecule has 126 valence electrons. The lowest BCUT2D eigenvalue weighted by atomic mass is 10.0. The second-order valence-electron chi connectivity index (χ2n) is 6.59. The van der Waals surface area contributed by atoms with Crippen molar-refractivity contribution in [2.24, 2.45) is 0 Å². The van der Waals surface area contributed by atoms with Gasteiger partial charge in [-0.3, -0.25) is 0 Å². The Kier molecular flexibility index (Phi) is 3.95. The molecule has 0 saturated heterocycles. The van der Waals surface area contributed by atoms with Crippen LogP contribution in [-0.2, 0) is 6.54 Å². The third-order valence-electron chi connectivity index (χ3n) is 4.66. The van der Waals surface area contributed by atoms with Crippen molar-refractivity contribution in [3.63, 3.8) is 0 Å². The van der Waals surface area contributed by atoms with Gasteiger partial charge < -0.3 is 10.3 Å². The first-order valence-electron chi connectivity index (χ1n) is 8.56. The predicted molar refractivity (Wildman–Crippen MR) is 108 cm³/mol. The highest BCUT2D eigenvalue weighted by Gasteiger charge is 2.12. The molecular formula is C23H19N3. The first kappa shape index (κ1) is 16.0. The van der Waals surface area contributed by atoms with E-state index in [1.807, 2.05) is 36.4 Å². The molecule has 3 aromatic carbocycles. The van der Waals surface area contributed by atoms with E-state index in [0.29, 0.717) is 5.69 Å². The summed E-state index contributed by atoms with van der Waals surface area (Å²) in [6, 6.07) is 22.4. The van der Waals surface area contributed by atoms with Gasteiger partial charge in [0.2, 0.25) is 0 Å². The molecule has 0 unspecified atom stereocenters. The molecule has 0 atom stereocenters. The Bertz CT molecular complexity index is 1130. The van der Waals surface area contributed by atoms with Crippen molar-refractivity contribution >= 4 is 22.3 Å². The highest BCUT2D eigenvalue weighted by Crippen LogP contribution is 2.34. The van der Waals surface area contributed by atoms with E-state index >= 15 is 0 Å². The zero-order chi connectivity index (χ0) is 18.1. The summed E-state index contributed by atoms with van der Waals surface area (Å²) in [6.07, 6.45) is 2.16. The molecule has 4 rings (SSSR count). The molecule has 0 spiro atoms. The summed E-state index contributed by atoms with van der Waals surface area (Å²) >= 11 is 0. The SMILES string of the molecule is [C-]#[N+]c1ccc2c(c1)c(-c1cccc(N)c1)cn2Cc1ccc(C)cc1. The molecule has 1 heterocycles. The largest absolute Gasteiger partial charge is 0.399 e. The van der Waals surface area contributed by atoms with Crippen LogP contribution in [0.1, 0.15) is 11.1 Å². The molecule has 2 N–H and O–H groups in total. The second kappa shape index (κ2) is 6.42. The van der Waals surface area contributed by atoms with E-state index in [-0.39, 0.29) is 0 Å². The Morgan fingerprint density at radius 3 is 2.54 bits per heavy atom. The van der Waals surface area contributed by atoms with Crippen LogP contribution < -0.4 is 5.73 Å². The van der Waals surface area contributed by atoms with Gasteiger partial charge in [-0.1, -0.05) is 48.0 Å². The van der Waals surface area contributed by atoms with Crippen LogP contribution >= 0.6 is 0 Å². The number of nitrogens with zero attached hydrogens (tertiary/aromatic N) is 2. The van der Waals surface area contributed by atoms with Gasteiger partial charge in [0.1, 0.15) is 0 Å². The third-order valence-corrected chi connectivity index (χ3v) is 4.66. The van der Waals surface area contributed by atoms with Crippen LogP contribution in [0, 0.1) is 13.5 Å². The molecule has 0 radical (unpaired) electrons. The Balaban J connectivity index is 1.88. The van der Waals surface area contributed by atoms with Crippen molar-refractivity contribution in [2.45, 2.75) is 13.5 Å². The van der Waals surface area contributed by atoms with E-state index in [0.717, 1.165) is 34.3 Å². The van der Waals surface area contributed by atoms with E-state index in [1.54, 1.807) is 0 Å². The molecule has 4 aromatic rings. The number of rotatable bonds is 3. The molecule has 1 aromatic heterocycles. The van der Waals surface area contributed by atoms with Gasteiger partial charge in [0.05, 0.1) is 6.57 Å². The minimum Gasteiger partial charge on any atom is -0.399 e. The van der Waals surface area contributed by atoms with Gasteiger partial charge in [0.25, 0.3) is 0 Å². The highest BCUT2D eigenvalue weighted by molar-refractivity contribution is 5.98. The molecular weight excluding hydrogens is 318 g/mol. The average Bonchev–Trinajstić information content (AvgIpc) is 3.01. The van der Waals surface area contributed by atoms with Crippen molar-refractivity contribution in [3.05, 3.63) is 95.5 Å². The number of hydrogen-bond donors (Lipinski definition) is 1. The van der Waals surface area contributed by atoms with Crippen LogP contribution in [0.5, 0.6) is 0 Å². The van der Waals surface area contributed by atoms with Crippen LogP contribution in [0.4, 0.5) is 11.4 Å². The van der Waals surface area contributed by atoms with Crippen LogP contribution in [0.25, 0.3) is 26.9 Å². The number of fused-ring (bicyclic) bond motifs is 1. The summed E-state index contributed by atoms with van der Waals surface area (Å²) in [5.74, 6) is 0. The van der Waals surface area contributed by atoms with Crippen LogP contribution in [0.3, 0.4) is 0 Å². The zero-order valence-corrected chi connectivity index (χ0v) is 14.6.